The Morgan fingerprint density at radius 1 is 1.50 bits per heavy atom. The number of hydrogen-bond donors (Lipinski definition) is 2. The van der Waals surface area contributed by atoms with Crippen LogP contribution in [0.5, 0.6) is 0 Å². The average Bonchev–Trinajstić information content (AvgIpc) is 2.91. The van der Waals surface area contributed by atoms with E-state index in [2.05, 4.69) is 15.6 Å². The first kappa shape index (κ1) is 15.0. The number of carbonyl (C=O) groups is 1. The van der Waals surface area contributed by atoms with Crippen molar-refractivity contribution in [2.75, 3.05) is 18.4 Å². The Kier molecular flexibility index (Phi) is 5.17. The molecule has 7 heteroatoms. The Balaban J connectivity index is 0.00000147. The Morgan fingerprint density at radius 2 is 2.35 bits per heavy atom. The Labute approximate surface area is 127 Å². The largest absolute Gasteiger partial charge is 0.463 e. The van der Waals surface area contributed by atoms with E-state index in [1.807, 2.05) is 17.5 Å². The van der Waals surface area contributed by atoms with E-state index in [9.17, 15) is 4.79 Å². The molecule has 5 nitrogen and oxygen atoms in total. The third kappa shape index (κ3) is 4.06. The predicted molar refractivity (Wildman–Crippen MR) is 81.3 cm³/mol. The smallest absolute Gasteiger partial charge is 0.240 e. The van der Waals surface area contributed by atoms with Crippen LogP contribution in [0.15, 0.2) is 28.2 Å². The molecule has 0 aromatic carbocycles. The van der Waals surface area contributed by atoms with Crippen LogP contribution in [-0.4, -0.2) is 24.0 Å². The standard InChI is InChI=1S/C13H15N3O2S.ClH/c17-12(7-14-6-9-3-4-9)16-13-15-10(8-19-13)11-2-1-5-18-11;/h1-2,5,8-9,14H,3-4,6-7H2,(H,15,16,17);1H. The maximum atomic E-state index is 11.7. The highest BCUT2D eigenvalue weighted by atomic mass is 35.5. The molecule has 2 N–H and O–H groups in total. The van der Waals surface area contributed by atoms with E-state index in [0.717, 1.165) is 18.2 Å². The van der Waals surface area contributed by atoms with Gasteiger partial charge in [-0.05, 0) is 37.4 Å². The minimum Gasteiger partial charge on any atom is -0.463 e. The lowest BCUT2D eigenvalue weighted by Gasteiger charge is -2.03. The number of nitrogens with zero attached hydrogens (tertiary/aromatic N) is 1. The molecule has 20 heavy (non-hydrogen) atoms. The fourth-order valence-electron chi connectivity index (χ4n) is 1.74. The van der Waals surface area contributed by atoms with Crippen molar-refractivity contribution in [2.24, 2.45) is 5.92 Å². The number of rotatable bonds is 6. The summed E-state index contributed by atoms with van der Waals surface area (Å²) in [6.07, 6.45) is 4.18. The van der Waals surface area contributed by atoms with Crippen LogP contribution >= 0.6 is 23.7 Å². The van der Waals surface area contributed by atoms with Gasteiger partial charge in [-0.15, -0.1) is 23.7 Å². The summed E-state index contributed by atoms with van der Waals surface area (Å²) in [5.74, 6) is 1.43. The summed E-state index contributed by atoms with van der Waals surface area (Å²) in [6, 6.07) is 3.66. The molecule has 0 radical (unpaired) electrons. The molecule has 0 aliphatic heterocycles. The van der Waals surface area contributed by atoms with Crippen molar-refractivity contribution in [2.45, 2.75) is 12.8 Å². The molecule has 0 saturated heterocycles. The number of aromatic nitrogens is 1. The summed E-state index contributed by atoms with van der Waals surface area (Å²) >= 11 is 1.40. The summed E-state index contributed by atoms with van der Waals surface area (Å²) in [7, 11) is 0. The zero-order chi connectivity index (χ0) is 13.1. The van der Waals surface area contributed by atoms with E-state index < -0.39 is 0 Å². The second kappa shape index (κ2) is 6.88. The topological polar surface area (TPSA) is 67.2 Å². The van der Waals surface area contributed by atoms with E-state index in [4.69, 9.17) is 4.42 Å². The number of amides is 1. The highest BCUT2D eigenvalue weighted by molar-refractivity contribution is 7.14. The van der Waals surface area contributed by atoms with Crippen LogP contribution in [0, 0.1) is 5.92 Å². The quantitative estimate of drug-likeness (QED) is 0.860. The first-order valence-corrected chi connectivity index (χ1v) is 7.19. The van der Waals surface area contributed by atoms with Crippen molar-refractivity contribution < 1.29 is 9.21 Å². The number of halogens is 1. The molecular formula is C13H16ClN3O2S. The molecule has 108 valence electrons. The van der Waals surface area contributed by atoms with E-state index in [-0.39, 0.29) is 18.3 Å². The summed E-state index contributed by atoms with van der Waals surface area (Å²) in [6.45, 7) is 1.27. The third-order valence-corrected chi connectivity index (χ3v) is 3.70. The summed E-state index contributed by atoms with van der Waals surface area (Å²) in [5, 5.41) is 8.40. The number of furan rings is 1. The number of carbonyl (C=O) groups excluding carboxylic acids is 1. The Morgan fingerprint density at radius 3 is 3.05 bits per heavy atom. The van der Waals surface area contributed by atoms with Crippen molar-refractivity contribution in [1.82, 2.24) is 10.3 Å². The average molecular weight is 314 g/mol. The van der Waals surface area contributed by atoms with E-state index in [1.54, 1.807) is 6.26 Å². The summed E-state index contributed by atoms with van der Waals surface area (Å²) < 4.78 is 5.26. The van der Waals surface area contributed by atoms with Gasteiger partial charge in [0, 0.05) is 5.38 Å². The van der Waals surface area contributed by atoms with Gasteiger partial charge < -0.3 is 15.1 Å². The molecule has 1 saturated carbocycles. The van der Waals surface area contributed by atoms with Gasteiger partial charge in [0.05, 0.1) is 12.8 Å². The number of hydrogen-bond acceptors (Lipinski definition) is 5. The summed E-state index contributed by atoms with van der Waals surface area (Å²) in [4.78, 5) is 16.0. The predicted octanol–water partition coefficient (Wildman–Crippen LogP) is 2.76. The fraction of sp³-hybridized carbons (Fsp3) is 0.385. The zero-order valence-electron chi connectivity index (χ0n) is 10.8. The van der Waals surface area contributed by atoms with Crippen LogP contribution in [0.4, 0.5) is 5.13 Å². The van der Waals surface area contributed by atoms with Crippen LogP contribution in [-0.2, 0) is 4.79 Å². The normalized spacial score (nSPS) is 13.8. The second-order valence-corrected chi connectivity index (χ2v) is 5.50. The molecule has 3 rings (SSSR count). The molecule has 1 aliphatic rings. The lowest BCUT2D eigenvalue weighted by molar-refractivity contribution is -0.115. The molecule has 2 aromatic rings. The van der Waals surface area contributed by atoms with Crippen molar-refractivity contribution in [3.63, 3.8) is 0 Å². The van der Waals surface area contributed by atoms with Crippen LogP contribution in [0.2, 0.25) is 0 Å². The van der Waals surface area contributed by atoms with E-state index >= 15 is 0 Å². The van der Waals surface area contributed by atoms with Crippen molar-refractivity contribution >= 4 is 34.8 Å². The number of nitrogens with one attached hydrogen (secondary N) is 2. The minimum atomic E-state index is -0.0546. The van der Waals surface area contributed by atoms with Gasteiger partial charge in [0.1, 0.15) is 5.69 Å². The highest BCUT2D eigenvalue weighted by Crippen LogP contribution is 2.27. The van der Waals surface area contributed by atoms with Crippen LogP contribution < -0.4 is 10.6 Å². The maximum Gasteiger partial charge on any atom is 0.240 e. The van der Waals surface area contributed by atoms with Gasteiger partial charge in [-0.25, -0.2) is 4.98 Å². The SMILES string of the molecule is Cl.O=C(CNCC1CC1)Nc1nc(-c2ccco2)cs1. The monoisotopic (exact) mass is 313 g/mol. The fourth-order valence-corrected chi connectivity index (χ4v) is 2.46. The Bertz CT molecular complexity index is 552. The van der Waals surface area contributed by atoms with Gasteiger partial charge in [0.15, 0.2) is 10.9 Å². The van der Waals surface area contributed by atoms with Gasteiger partial charge in [0.25, 0.3) is 0 Å². The van der Waals surface area contributed by atoms with E-state index in [0.29, 0.717) is 17.4 Å². The van der Waals surface area contributed by atoms with Gasteiger partial charge in [-0.2, -0.15) is 0 Å². The number of thiazole rings is 1. The lowest BCUT2D eigenvalue weighted by Crippen LogP contribution is -2.29. The van der Waals surface area contributed by atoms with Crippen LogP contribution in [0.3, 0.4) is 0 Å². The van der Waals surface area contributed by atoms with Crippen molar-refractivity contribution in [3.8, 4) is 11.5 Å². The van der Waals surface area contributed by atoms with Gasteiger partial charge in [-0.1, -0.05) is 0 Å². The molecular weight excluding hydrogens is 298 g/mol. The molecule has 1 fully saturated rings. The van der Waals surface area contributed by atoms with Gasteiger partial charge in [0.2, 0.25) is 5.91 Å². The molecule has 0 atom stereocenters. The molecule has 0 spiro atoms. The summed E-state index contributed by atoms with van der Waals surface area (Å²) in [5.41, 5.74) is 0.747. The van der Waals surface area contributed by atoms with E-state index in [1.165, 1.54) is 24.2 Å². The van der Waals surface area contributed by atoms with Gasteiger partial charge in [-0.3, -0.25) is 4.79 Å². The minimum absolute atomic E-state index is 0. The number of anilines is 1. The third-order valence-electron chi connectivity index (χ3n) is 2.94. The van der Waals surface area contributed by atoms with Crippen molar-refractivity contribution in [3.05, 3.63) is 23.8 Å². The zero-order valence-corrected chi connectivity index (χ0v) is 12.4. The molecule has 2 heterocycles. The lowest BCUT2D eigenvalue weighted by atomic mass is 10.4. The highest BCUT2D eigenvalue weighted by Gasteiger charge is 2.20. The Hall–Kier alpha value is -1.37. The first-order valence-electron chi connectivity index (χ1n) is 6.31. The molecule has 1 aliphatic carbocycles. The first-order chi connectivity index (χ1) is 9.31. The molecule has 2 aromatic heterocycles. The molecule has 1 amide bonds. The second-order valence-electron chi connectivity index (χ2n) is 4.64. The van der Waals surface area contributed by atoms with Gasteiger partial charge >= 0.3 is 0 Å². The molecule has 0 bridgehead atoms. The van der Waals surface area contributed by atoms with Crippen LogP contribution in [0.25, 0.3) is 11.5 Å². The molecule has 0 unspecified atom stereocenters. The van der Waals surface area contributed by atoms with Crippen LogP contribution in [0.1, 0.15) is 12.8 Å². The van der Waals surface area contributed by atoms with Crippen molar-refractivity contribution in [1.29, 1.82) is 0 Å². The maximum absolute atomic E-state index is 11.7.